The molecule has 2 aromatic heterocycles. The molecule has 4 rings (SSSR count). The number of aliphatic hydroxyl groups is 1. The number of amides is 1. The number of carbonyl (C=O) groups excluding carboxylic acids is 1. The largest absolute Gasteiger partial charge is 0.391 e. The van der Waals surface area contributed by atoms with Gasteiger partial charge in [-0.25, -0.2) is 9.97 Å². The maximum absolute atomic E-state index is 12.9. The van der Waals surface area contributed by atoms with Gasteiger partial charge >= 0.3 is 0 Å². The number of hydrogen-bond acceptors (Lipinski definition) is 7. The topological polar surface area (TPSA) is 114 Å². The number of halogens is 1. The van der Waals surface area contributed by atoms with Crippen LogP contribution in [0.2, 0.25) is 5.02 Å². The molecule has 0 aliphatic carbocycles. The second kappa shape index (κ2) is 10.5. The molecular weight excluding hydrogens is 456 g/mol. The Bertz CT molecular complexity index is 1150. The van der Waals surface area contributed by atoms with Gasteiger partial charge in [-0.1, -0.05) is 23.7 Å². The van der Waals surface area contributed by atoms with Crippen LogP contribution < -0.4 is 10.6 Å². The van der Waals surface area contributed by atoms with E-state index in [9.17, 15) is 9.90 Å². The van der Waals surface area contributed by atoms with E-state index in [2.05, 4.69) is 32.5 Å². The molecule has 180 valence electrons. The summed E-state index contributed by atoms with van der Waals surface area (Å²) in [6, 6.07) is 6.65. The molecule has 10 heteroatoms. The Hall–Kier alpha value is -3.01. The highest BCUT2D eigenvalue weighted by Gasteiger charge is 2.23. The molecule has 0 saturated carbocycles. The lowest BCUT2D eigenvalue weighted by Crippen LogP contribution is -2.35. The molecule has 3 aromatic rings. The Morgan fingerprint density at radius 1 is 1.35 bits per heavy atom. The maximum atomic E-state index is 12.9. The highest BCUT2D eigenvalue weighted by Crippen LogP contribution is 2.22. The first-order chi connectivity index (χ1) is 16.3. The van der Waals surface area contributed by atoms with E-state index in [1.807, 2.05) is 6.92 Å². The van der Waals surface area contributed by atoms with Gasteiger partial charge in [-0.15, -0.1) is 0 Å². The van der Waals surface area contributed by atoms with Crippen molar-refractivity contribution in [3.05, 3.63) is 64.8 Å². The van der Waals surface area contributed by atoms with Gasteiger partial charge in [-0.2, -0.15) is 4.98 Å². The van der Waals surface area contributed by atoms with E-state index in [1.165, 1.54) is 0 Å². The average molecular weight is 485 g/mol. The van der Waals surface area contributed by atoms with Crippen molar-refractivity contribution in [2.24, 2.45) is 0 Å². The summed E-state index contributed by atoms with van der Waals surface area (Å²) >= 11 is 6.08. The van der Waals surface area contributed by atoms with Gasteiger partial charge in [0, 0.05) is 35.6 Å². The number of nitrogens with zero attached hydrogens (tertiary/aromatic N) is 4. The lowest BCUT2D eigenvalue weighted by molar-refractivity contribution is 0.0231. The Morgan fingerprint density at radius 2 is 2.18 bits per heavy atom. The minimum absolute atomic E-state index is 0.197. The number of aliphatic hydroxyl groups excluding tert-OH is 1. The number of benzene rings is 1. The zero-order valence-electron chi connectivity index (χ0n) is 19.4. The van der Waals surface area contributed by atoms with E-state index in [4.69, 9.17) is 16.3 Å². The lowest BCUT2D eigenvalue weighted by Gasteiger charge is -2.28. The number of ether oxygens (including phenoxy) is 1. The molecule has 3 heterocycles. The van der Waals surface area contributed by atoms with Crippen LogP contribution in [-0.4, -0.2) is 55.4 Å². The molecule has 4 atom stereocenters. The van der Waals surface area contributed by atoms with Crippen LogP contribution in [-0.2, 0) is 4.74 Å². The molecule has 0 spiro atoms. The first-order valence-electron chi connectivity index (χ1n) is 11.3. The molecule has 0 bridgehead atoms. The fraction of sp³-hybridized carbons (Fsp3) is 0.417. The van der Waals surface area contributed by atoms with E-state index in [-0.39, 0.29) is 17.8 Å². The van der Waals surface area contributed by atoms with Crippen molar-refractivity contribution >= 4 is 23.5 Å². The van der Waals surface area contributed by atoms with Crippen molar-refractivity contribution < 1.29 is 14.6 Å². The van der Waals surface area contributed by atoms with Gasteiger partial charge in [0.2, 0.25) is 5.95 Å². The third-order valence-corrected chi connectivity index (χ3v) is 6.04. The molecule has 9 nitrogen and oxygen atoms in total. The van der Waals surface area contributed by atoms with E-state index >= 15 is 0 Å². The Labute approximate surface area is 203 Å². The summed E-state index contributed by atoms with van der Waals surface area (Å²) in [6.07, 6.45) is 6.06. The fourth-order valence-corrected chi connectivity index (χ4v) is 4.23. The van der Waals surface area contributed by atoms with Gasteiger partial charge < -0.3 is 20.5 Å². The predicted octanol–water partition coefficient (Wildman–Crippen LogP) is 3.46. The summed E-state index contributed by atoms with van der Waals surface area (Å²) in [5.74, 6) is 0.742. The van der Waals surface area contributed by atoms with Crippen molar-refractivity contribution in [1.29, 1.82) is 0 Å². The second-order valence-corrected chi connectivity index (χ2v) is 9.10. The first-order valence-corrected chi connectivity index (χ1v) is 11.7. The molecule has 1 saturated heterocycles. The SMILES string of the molecule is Cc1cnc(NC2CCOC(C)C2)nc1-n1cnc(C(=O)N[C@@H](c2cccc(Cl)c2)[C@H](C)O)c1. The third kappa shape index (κ3) is 5.72. The minimum atomic E-state index is -0.824. The zero-order chi connectivity index (χ0) is 24.2. The Kier molecular flexibility index (Phi) is 7.45. The number of anilines is 1. The van der Waals surface area contributed by atoms with Crippen LogP contribution in [0.15, 0.2) is 43.0 Å². The molecule has 34 heavy (non-hydrogen) atoms. The van der Waals surface area contributed by atoms with Gasteiger partial charge in [0.05, 0.1) is 18.2 Å². The highest BCUT2D eigenvalue weighted by atomic mass is 35.5. The molecule has 1 amide bonds. The Balaban J connectivity index is 1.50. The highest BCUT2D eigenvalue weighted by molar-refractivity contribution is 6.30. The fourth-order valence-electron chi connectivity index (χ4n) is 4.03. The van der Waals surface area contributed by atoms with E-state index < -0.39 is 18.1 Å². The molecular formula is C24H29ClN6O3. The minimum Gasteiger partial charge on any atom is -0.391 e. The number of nitrogens with one attached hydrogen (secondary N) is 2. The summed E-state index contributed by atoms with van der Waals surface area (Å²) < 4.78 is 7.30. The first kappa shape index (κ1) is 24.1. The van der Waals surface area contributed by atoms with Crippen molar-refractivity contribution in [2.75, 3.05) is 11.9 Å². The van der Waals surface area contributed by atoms with Crippen molar-refractivity contribution in [1.82, 2.24) is 24.8 Å². The van der Waals surface area contributed by atoms with Crippen LogP contribution in [0.5, 0.6) is 0 Å². The van der Waals surface area contributed by atoms with Gasteiger partial charge in [0.1, 0.15) is 17.8 Å². The van der Waals surface area contributed by atoms with Crippen LogP contribution >= 0.6 is 11.6 Å². The number of carbonyl (C=O) groups is 1. The maximum Gasteiger partial charge on any atom is 0.272 e. The second-order valence-electron chi connectivity index (χ2n) is 8.66. The number of aryl methyl sites for hydroxylation is 1. The molecule has 1 fully saturated rings. The van der Waals surface area contributed by atoms with E-state index in [0.29, 0.717) is 29.0 Å². The normalized spacial score (nSPS) is 19.9. The van der Waals surface area contributed by atoms with Gasteiger partial charge in [0.25, 0.3) is 5.91 Å². The molecule has 1 aliphatic rings. The number of aromatic nitrogens is 4. The van der Waals surface area contributed by atoms with Gasteiger partial charge in [-0.05, 0) is 51.3 Å². The standard InChI is InChI=1S/C24H29ClN6O3/c1-14-11-26-24(28-19-7-8-34-15(2)9-19)30-22(14)31-12-20(27-13-31)23(33)29-21(16(3)32)17-5-4-6-18(25)10-17/h4-6,10-13,15-16,19,21,32H,7-9H2,1-3H3,(H,29,33)(H,26,28,30)/t15?,16-,19?,21+/m0/s1. The van der Waals surface area contributed by atoms with Crippen LogP contribution in [0.1, 0.15) is 54.3 Å². The number of hydrogen-bond donors (Lipinski definition) is 3. The van der Waals surface area contributed by atoms with Crippen molar-refractivity contribution in [2.45, 2.75) is 57.9 Å². The van der Waals surface area contributed by atoms with Gasteiger partial charge in [-0.3, -0.25) is 9.36 Å². The van der Waals surface area contributed by atoms with E-state index in [1.54, 1.807) is 54.5 Å². The van der Waals surface area contributed by atoms with Crippen LogP contribution in [0.25, 0.3) is 5.82 Å². The van der Waals surface area contributed by atoms with Gasteiger partial charge in [0.15, 0.2) is 0 Å². The van der Waals surface area contributed by atoms with Crippen LogP contribution in [0, 0.1) is 6.92 Å². The van der Waals surface area contributed by atoms with Crippen molar-refractivity contribution in [3.63, 3.8) is 0 Å². The molecule has 0 radical (unpaired) electrons. The molecule has 1 aromatic carbocycles. The summed E-state index contributed by atoms with van der Waals surface area (Å²) in [6.45, 7) is 6.28. The predicted molar refractivity (Wildman–Crippen MR) is 129 cm³/mol. The van der Waals surface area contributed by atoms with E-state index in [0.717, 1.165) is 18.4 Å². The summed E-state index contributed by atoms with van der Waals surface area (Å²) in [4.78, 5) is 26.2. The molecule has 1 aliphatic heterocycles. The summed E-state index contributed by atoms with van der Waals surface area (Å²) in [7, 11) is 0. The lowest BCUT2D eigenvalue weighted by atomic mass is 10.0. The zero-order valence-corrected chi connectivity index (χ0v) is 20.2. The van der Waals surface area contributed by atoms with Crippen LogP contribution in [0.4, 0.5) is 5.95 Å². The quantitative estimate of drug-likeness (QED) is 0.470. The molecule has 3 N–H and O–H groups in total. The smallest absolute Gasteiger partial charge is 0.272 e. The Morgan fingerprint density at radius 3 is 2.91 bits per heavy atom. The average Bonchev–Trinajstić information content (AvgIpc) is 3.29. The monoisotopic (exact) mass is 484 g/mol. The van der Waals surface area contributed by atoms with Crippen molar-refractivity contribution in [3.8, 4) is 5.82 Å². The van der Waals surface area contributed by atoms with Crippen LogP contribution in [0.3, 0.4) is 0 Å². The summed E-state index contributed by atoms with van der Waals surface area (Å²) in [5.41, 5.74) is 1.76. The number of imidazole rings is 1. The third-order valence-electron chi connectivity index (χ3n) is 5.80. The molecule has 2 unspecified atom stereocenters. The number of rotatable bonds is 7. The summed E-state index contributed by atoms with van der Waals surface area (Å²) in [5, 5.41) is 17.0.